The zero-order valence-corrected chi connectivity index (χ0v) is 21.2. The van der Waals surface area contributed by atoms with Crippen molar-refractivity contribution in [1.29, 1.82) is 0 Å². The van der Waals surface area contributed by atoms with Crippen molar-refractivity contribution in [3.8, 4) is 0 Å². The molecule has 0 radical (unpaired) electrons. The lowest BCUT2D eigenvalue weighted by Gasteiger charge is -2.12. The van der Waals surface area contributed by atoms with E-state index in [0.717, 1.165) is 11.5 Å². The number of sulfonamides is 1. The Morgan fingerprint density at radius 2 is 1.31 bits per heavy atom. The molecule has 0 bridgehead atoms. The zero-order valence-electron chi connectivity index (χ0n) is 18.8. The third-order valence-electron chi connectivity index (χ3n) is 5.09. The molecule has 176 valence electrons. The van der Waals surface area contributed by atoms with E-state index in [4.69, 9.17) is 17.3 Å². The maximum atomic E-state index is 11.7. The van der Waals surface area contributed by atoms with Crippen LogP contribution in [-0.4, -0.2) is 44.1 Å². The SMILES string of the molecule is CCCCCCCCCCCCCCCCSCC(N)CNS(=O)(=O)CCCCl. The van der Waals surface area contributed by atoms with Crippen LogP contribution in [0.4, 0.5) is 0 Å². The van der Waals surface area contributed by atoms with Crippen molar-refractivity contribution >= 4 is 33.4 Å². The van der Waals surface area contributed by atoms with Crippen LogP contribution < -0.4 is 10.5 Å². The molecule has 0 rings (SSSR count). The Morgan fingerprint density at radius 3 is 1.79 bits per heavy atom. The third kappa shape index (κ3) is 23.0. The highest BCUT2D eigenvalue weighted by molar-refractivity contribution is 7.99. The largest absolute Gasteiger partial charge is 0.326 e. The van der Waals surface area contributed by atoms with Crippen molar-refractivity contribution in [3.05, 3.63) is 0 Å². The number of hydrogen-bond acceptors (Lipinski definition) is 4. The molecule has 7 heteroatoms. The first kappa shape index (κ1) is 29.5. The third-order valence-corrected chi connectivity index (χ3v) is 8.03. The quantitative estimate of drug-likeness (QED) is 0.140. The summed E-state index contributed by atoms with van der Waals surface area (Å²) < 4.78 is 25.9. The standard InChI is InChI=1S/C22H47ClN2O2S2/c1-2-3-4-5-6-7-8-9-10-11-12-13-14-15-18-28-21-22(24)20-25-29(26,27)19-16-17-23/h22,25H,2-21,24H2,1H3. The predicted octanol–water partition coefficient (Wildman–Crippen LogP) is 6.08. The summed E-state index contributed by atoms with van der Waals surface area (Å²) in [4.78, 5) is 0. The minimum Gasteiger partial charge on any atom is -0.326 e. The maximum Gasteiger partial charge on any atom is 0.211 e. The van der Waals surface area contributed by atoms with Crippen molar-refractivity contribution < 1.29 is 8.42 Å². The number of rotatable bonds is 23. The highest BCUT2D eigenvalue weighted by atomic mass is 35.5. The van der Waals surface area contributed by atoms with Crippen LogP contribution in [0.3, 0.4) is 0 Å². The molecule has 0 spiro atoms. The summed E-state index contributed by atoms with van der Waals surface area (Å²) in [5.41, 5.74) is 6.00. The molecule has 0 heterocycles. The first-order valence-electron chi connectivity index (χ1n) is 11.9. The Bertz CT molecular complexity index is 437. The predicted molar refractivity (Wildman–Crippen MR) is 133 cm³/mol. The minimum absolute atomic E-state index is 0.0788. The lowest BCUT2D eigenvalue weighted by atomic mass is 10.0. The average molecular weight is 471 g/mol. The van der Waals surface area contributed by atoms with Crippen LogP contribution >= 0.6 is 23.4 Å². The second kappa shape index (κ2) is 21.7. The molecule has 0 aliphatic heterocycles. The summed E-state index contributed by atoms with van der Waals surface area (Å²) in [7, 11) is -3.22. The fourth-order valence-corrected chi connectivity index (χ4v) is 5.67. The van der Waals surface area contributed by atoms with Crippen LogP contribution in [0, 0.1) is 0 Å². The Labute approximate surface area is 190 Å². The molecular formula is C22H47ClN2O2S2. The van der Waals surface area contributed by atoms with Crippen LogP contribution in [0.5, 0.6) is 0 Å². The van der Waals surface area contributed by atoms with Gasteiger partial charge in [-0.05, 0) is 18.6 Å². The highest BCUT2D eigenvalue weighted by Gasteiger charge is 2.11. The smallest absolute Gasteiger partial charge is 0.211 e. The van der Waals surface area contributed by atoms with E-state index < -0.39 is 10.0 Å². The normalized spacial score (nSPS) is 13.1. The van der Waals surface area contributed by atoms with E-state index >= 15 is 0 Å². The molecule has 1 atom stereocenters. The topological polar surface area (TPSA) is 72.2 Å². The Hall–Kier alpha value is 0.510. The van der Waals surface area contributed by atoms with Gasteiger partial charge >= 0.3 is 0 Å². The molecule has 0 aliphatic rings. The summed E-state index contributed by atoms with van der Waals surface area (Å²) >= 11 is 7.36. The Morgan fingerprint density at radius 1 is 0.828 bits per heavy atom. The molecule has 0 fully saturated rings. The summed E-state index contributed by atoms with van der Waals surface area (Å²) in [6.07, 6.45) is 19.8. The molecule has 0 aromatic heterocycles. The summed E-state index contributed by atoms with van der Waals surface area (Å²) in [5, 5.41) is 0. The van der Waals surface area contributed by atoms with Crippen molar-refractivity contribution in [2.45, 2.75) is 109 Å². The number of hydrogen-bond donors (Lipinski definition) is 2. The van der Waals surface area contributed by atoms with Crippen LogP contribution in [0.25, 0.3) is 0 Å². The van der Waals surface area contributed by atoms with Crippen LogP contribution in [0.15, 0.2) is 0 Å². The van der Waals surface area contributed by atoms with Gasteiger partial charge in [0.15, 0.2) is 0 Å². The molecule has 4 nitrogen and oxygen atoms in total. The molecule has 0 aliphatic carbocycles. The number of nitrogens with one attached hydrogen (secondary N) is 1. The Balaban J connectivity index is 3.28. The second-order valence-corrected chi connectivity index (χ2v) is 11.6. The molecule has 29 heavy (non-hydrogen) atoms. The van der Waals surface area contributed by atoms with Gasteiger partial charge in [0, 0.05) is 24.2 Å². The monoisotopic (exact) mass is 470 g/mol. The first-order valence-corrected chi connectivity index (χ1v) is 15.2. The molecule has 0 aromatic rings. The van der Waals surface area contributed by atoms with E-state index in [-0.39, 0.29) is 11.8 Å². The van der Waals surface area contributed by atoms with Crippen molar-refractivity contribution in [2.75, 3.05) is 29.7 Å². The number of unbranched alkanes of at least 4 members (excludes halogenated alkanes) is 13. The summed E-state index contributed by atoms with van der Waals surface area (Å²) in [6, 6.07) is -0.127. The number of halogens is 1. The zero-order chi connectivity index (χ0) is 21.6. The van der Waals surface area contributed by atoms with Gasteiger partial charge in [-0.1, -0.05) is 90.4 Å². The van der Waals surface area contributed by atoms with Crippen molar-refractivity contribution in [3.63, 3.8) is 0 Å². The molecule has 1 unspecified atom stereocenters. The van der Waals surface area contributed by atoms with Gasteiger partial charge in [-0.25, -0.2) is 13.1 Å². The molecular weight excluding hydrogens is 424 g/mol. The summed E-state index contributed by atoms with van der Waals surface area (Å²) in [6.45, 7) is 2.59. The van der Waals surface area contributed by atoms with Gasteiger partial charge in [-0.3, -0.25) is 0 Å². The summed E-state index contributed by atoms with van der Waals surface area (Å²) in [5.74, 6) is 2.36. The fraction of sp³-hybridized carbons (Fsp3) is 1.00. The van der Waals surface area contributed by atoms with E-state index in [1.165, 1.54) is 89.9 Å². The average Bonchev–Trinajstić information content (AvgIpc) is 2.70. The van der Waals surface area contributed by atoms with Gasteiger partial charge in [-0.2, -0.15) is 11.8 Å². The van der Waals surface area contributed by atoms with E-state index in [9.17, 15) is 8.42 Å². The van der Waals surface area contributed by atoms with E-state index in [0.29, 0.717) is 18.8 Å². The van der Waals surface area contributed by atoms with Crippen LogP contribution in [0.1, 0.15) is 103 Å². The molecule has 0 saturated heterocycles. The van der Waals surface area contributed by atoms with Crippen molar-refractivity contribution in [2.24, 2.45) is 5.73 Å². The van der Waals surface area contributed by atoms with Gasteiger partial charge in [0.1, 0.15) is 0 Å². The second-order valence-electron chi connectivity index (χ2n) is 8.14. The number of thioether (sulfide) groups is 1. The molecule has 3 N–H and O–H groups in total. The fourth-order valence-electron chi connectivity index (χ4n) is 3.24. The van der Waals surface area contributed by atoms with E-state index in [2.05, 4.69) is 11.6 Å². The molecule has 0 amide bonds. The van der Waals surface area contributed by atoms with Gasteiger partial charge in [-0.15, -0.1) is 11.6 Å². The first-order chi connectivity index (χ1) is 14.0. The van der Waals surface area contributed by atoms with E-state index in [1.807, 2.05) is 11.8 Å². The Kier molecular flexibility index (Phi) is 22.1. The maximum absolute atomic E-state index is 11.7. The van der Waals surface area contributed by atoms with Crippen LogP contribution in [-0.2, 0) is 10.0 Å². The number of alkyl halides is 1. The van der Waals surface area contributed by atoms with Crippen LogP contribution in [0.2, 0.25) is 0 Å². The molecule has 0 aromatic carbocycles. The lowest BCUT2D eigenvalue weighted by molar-refractivity contribution is 0.538. The van der Waals surface area contributed by atoms with Gasteiger partial charge in [0.25, 0.3) is 0 Å². The van der Waals surface area contributed by atoms with Gasteiger partial charge in [0.05, 0.1) is 5.75 Å². The molecule has 0 saturated carbocycles. The van der Waals surface area contributed by atoms with Gasteiger partial charge < -0.3 is 5.73 Å². The lowest BCUT2D eigenvalue weighted by Crippen LogP contribution is -2.39. The highest BCUT2D eigenvalue weighted by Crippen LogP contribution is 2.14. The van der Waals surface area contributed by atoms with Gasteiger partial charge in [0.2, 0.25) is 10.0 Å². The van der Waals surface area contributed by atoms with E-state index in [1.54, 1.807) is 0 Å². The minimum atomic E-state index is -3.22. The number of nitrogens with two attached hydrogens (primary N) is 1. The van der Waals surface area contributed by atoms with Crippen molar-refractivity contribution in [1.82, 2.24) is 4.72 Å².